The maximum Gasteiger partial charge on any atom is 0.246 e. The SMILES string of the molecule is C=CC(=O)N1CCn2nc(-c3nc(-c4cnc(C)nc4)c4ccsc4c3-c3c(F)cc(F)cc3OCCOC)cc2C1C. The van der Waals surface area contributed by atoms with Gasteiger partial charge in [-0.25, -0.2) is 23.7 Å². The lowest BCUT2D eigenvalue weighted by molar-refractivity contribution is -0.129. The van der Waals surface area contributed by atoms with Crippen LogP contribution >= 0.6 is 11.3 Å². The van der Waals surface area contributed by atoms with Crippen LogP contribution in [0.2, 0.25) is 0 Å². The first-order valence-electron chi connectivity index (χ1n) is 13.6. The molecule has 6 rings (SSSR count). The number of rotatable bonds is 8. The zero-order valence-corrected chi connectivity index (χ0v) is 24.6. The Morgan fingerprint density at radius 3 is 2.67 bits per heavy atom. The van der Waals surface area contributed by atoms with E-state index in [9.17, 15) is 9.18 Å². The van der Waals surface area contributed by atoms with Crippen LogP contribution in [0, 0.1) is 18.6 Å². The second-order valence-electron chi connectivity index (χ2n) is 10.1. The maximum atomic E-state index is 15.9. The zero-order chi connectivity index (χ0) is 30.2. The van der Waals surface area contributed by atoms with Gasteiger partial charge in [-0.2, -0.15) is 5.10 Å². The average molecular weight is 603 g/mol. The van der Waals surface area contributed by atoms with Crippen molar-refractivity contribution < 1.29 is 23.0 Å². The van der Waals surface area contributed by atoms with Crippen molar-refractivity contribution in [2.75, 3.05) is 26.9 Å². The van der Waals surface area contributed by atoms with Gasteiger partial charge in [0.15, 0.2) is 0 Å². The predicted octanol–water partition coefficient (Wildman–Crippen LogP) is 5.98. The second-order valence-corrected chi connectivity index (χ2v) is 11.0. The molecule has 5 aromatic rings. The quantitative estimate of drug-likeness (QED) is 0.159. The number of amides is 1. The molecule has 0 spiro atoms. The highest BCUT2D eigenvalue weighted by Gasteiger charge is 2.31. The number of carbonyl (C=O) groups is 1. The van der Waals surface area contributed by atoms with Crippen LogP contribution in [-0.2, 0) is 16.1 Å². The summed E-state index contributed by atoms with van der Waals surface area (Å²) >= 11 is 1.40. The molecule has 0 saturated heterocycles. The van der Waals surface area contributed by atoms with Crippen molar-refractivity contribution in [3.63, 3.8) is 0 Å². The molecule has 0 fully saturated rings. The molecule has 5 heterocycles. The normalized spacial score (nSPS) is 14.6. The number of nitrogens with zero attached hydrogens (tertiary/aromatic N) is 6. The van der Waals surface area contributed by atoms with Crippen molar-refractivity contribution in [2.24, 2.45) is 0 Å². The van der Waals surface area contributed by atoms with Crippen LogP contribution in [0.3, 0.4) is 0 Å². The summed E-state index contributed by atoms with van der Waals surface area (Å²) in [5, 5.41) is 7.52. The third-order valence-corrected chi connectivity index (χ3v) is 8.37. The second kappa shape index (κ2) is 11.6. The molecule has 1 aromatic carbocycles. The summed E-state index contributed by atoms with van der Waals surface area (Å²) in [6.45, 7) is 8.59. The molecule has 4 aromatic heterocycles. The Labute approximate surface area is 250 Å². The van der Waals surface area contributed by atoms with Gasteiger partial charge in [0.1, 0.15) is 41.2 Å². The fraction of sp³-hybridized carbons (Fsp3) is 0.258. The van der Waals surface area contributed by atoms with Gasteiger partial charge in [-0.05, 0) is 37.4 Å². The first-order valence-corrected chi connectivity index (χ1v) is 14.5. The van der Waals surface area contributed by atoms with Crippen molar-refractivity contribution in [3.8, 4) is 39.5 Å². The number of ether oxygens (including phenoxy) is 2. The molecule has 1 aliphatic heterocycles. The maximum absolute atomic E-state index is 15.9. The van der Waals surface area contributed by atoms with Crippen LogP contribution < -0.4 is 4.74 Å². The number of thiophene rings is 1. The van der Waals surface area contributed by atoms with Crippen molar-refractivity contribution in [1.29, 1.82) is 0 Å². The van der Waals surface area contributed by atoms with Crippen molar-refractivity contribution in [1.82, 2.24) is 29.6 Å². The van der Waals surface area contributed by atoms with Crippen LogP contribution in [0.15, 0.2) is 54.7 Å². The van der Waals surface area contributed by atoms with E-state index in [0.717, 1.165) is 23.2 Å². The number of carbonyl (C=O) groups excluding carboxylic acids is 1. The number of halogens is 2. The average Bonchev–Trinajstić information content (AvgIpc) is 3.66. The molecule has 9 nitrogen and oxygen atoms in total. The summed E-state index contributed by atoms with van der Waals surface area (Å²) in [5.74, 6) is -1.09. The molecule has 43 heavy (non-hydrogen) atoms. The van der Waals surface area contributed by atoms with E-state index < -0.39 is 11.6 Å². The van der Waals surface area contributed by atoms with E-state index in [-0.39, 0.29) is 36.5 Å². The fourth-order valence-electron chi connectivity index (χ4n) is 5.35. The molecular formula is C31H28F2N6O3S. The van der Waals surface area contributed by atoms with E-state index in [4.69, 9.17) is 19.6 Å². The molecule has 1 unspecified atom stereocenters. The van der Waals surface area contributed by atoms with Crippen molar-refractivity contribution in [3.05, 3.63) is 77.8 Å². The Balaban J connectivity index is 1.63. The molecule has 0 aliphatic carbocycles. The number of aromatic nitrogens is 5. The highest BCUT2D eigenvalue weighted by atomic mass is 32.1. The van der Waals surface area contributed by atoms with Crippen LogP contribution in [0.4, 0.5) is 8.78 Å². The molecule has 0 N–H and O–H groups in total. The van der Waals surface area contributed by atoms with Crippen molar-refractivity contribution >= 4 is 27.3 Å². The Morgan fingerprint density at radius 1 is 1.14 bits per heavy atom. The van der Waals surface area contributed by atoms with Crippen LogP contribution in [0.1, 0.15) is 24.5 Å². The number of aryl methyl sites for hydroxylation is 1. The summed E-state index contributed by atoms with van der Waals surface area (Å²) in [7, 11) is 1.52. The Bertz CT molecular complexity index is 1850. The van der Waals surface area contributed by atoms with Gasteiger partial charge in [-0.1, -0.05) is 6.58 Å². The minimum Gasteiger partial charge on any atom is -0.490 e. The molecule has 12 heteroatoms. The smallest absolute Gasteiger partial charge is 0.246 e. The number of benzene rings is 1. The number of methoxy groups -OCH3 is 1. The van der Waals surface area contributed by atoms with E-state index in [1.165, 1.54) is 24.5 Å². The van der Waals surface area contributed by atoms with Gasteiger partial charge < -0.3 is 14.4 Å². The number of pyridine rings is 1. The lowest BCUT2D eigenvalue weighted by atomic mass is 9.96. The Kier molecular flexibility index (Phi) is 7.72. The van der Waals surface area contributed by atoms with E-state index >= 15 is 4.39 Å². The lowest BCUT2D eigenvalue weighted by Gasteiger charge is -2.33. The largest absolute Gasteiger partial charge is 0.490 e. The topological polar surface area (TPSA) is 95.3 Å². The standard InChI is InChI=1S/C31H28F2N6O3S/c1-5-26(40)38-7-8-39-24(17(38)2)14-23(37-39)30-28(27-22(33)12-20(32)13-25(27)42-10-9-41-4)31-21(6-11-43-31)29(36-30)19-15-34-18(3)35-16-19/h5-6,11-17H,1,7-10H2,2-4H3. The molecule has 1 atom stereocenters. The highest BCUT2D eigenvalue weighted by molar-refractivity contribution is 7.18. The monoisotopic (exact) mass is 602 g/mol. The van der Waals surface area contributed by atoms with E-state index in [0.29, 0.717) is 51.8 Å². The summed E-state index contributed by atoms with van der Waals surface area (Å²) in [6, 6.07) is 5.48. The van der Waals surface area contributed by atoms with Gasteiger partial charge in [0.25, 0.3) is 0 Å². The zero-order valence-electron chi connectivity index (χ0n) is 23.8. The summed E-state index contributed by atoms with van der Waals surface area (Å²) < 4.78 is 43.9. The molecule has 0 saturated carbocycles. The van der Waals surface area contributed by atoms with E-state index in [1.807, 2.05) is 29.1 Å². The van der Waals surface area contributed by atoms with Crippen LogP contribution in [0.25, 0.3) is 43.9 Å². The first kappa shape index (κ1) is 28.6. The number of hydrogen-bond acceptors (Lipinski definition) is 8. The minimum atomic E-state index is -0.795. The minimum absolute atomic E-state index is 0.0267. The molecule has 220 valence electrons. The first-order chi connectivity index (χ1) is 20.8. The Morgan fingerprint density at radius 2 is 1.93 bits per heavy atom. The number of fused-ring (bicyclic) bond motifs is 2. The van der Waals surface area contributed by atoms with E-state index in [1.54, 1.807) is 24.2 Å². The molecule has 0 bridgehead atoms. The summed E-state index contributed by atoms with van der Waals surface area (Å²) in [4.78, 5) is 28.0. The van der Waals surface area contributed by atoms with Crippen LogP contribution in [-0.4, -0.2) is 62.4 Å². The third kappa shape index (κ3) is 5.17. The molecular weight excluding hydrogens is 574 g/mol. The van der Waals surface area contributed by atoms with Crippen LogP contribution in [0.5, 0.6) is 5.75 Å². The number of hydrogen-bond donors (Lipinski definition) is 0. The molecule has 0 radical (unpaired) electrons. The van der Waals surface area contributed by atoms with Gasteiger partial charge in [-0.3, -0.25) is 9.48 Å². The van der Waals surface area contributed by atoms with Gasteiger partial charge in [-0.15, -0.1) is 11.3 Å². The summed E-state index contributed by atoms with van der Waals surface area (Å²) in [5.41, 5.74) is 3.42. The van der Waals surface area contributed by atoms with Gasteiger partial charge >= 0.3 is 0 Å². The lowest BCUT2D eigenvalue weighted by Crippen LogP contribution is -2.40. The predicted molar refractivity (Wildman–Crippen MR) is 160 cm³/mol. The summed E-state index contributed by atoms with van der Waals surface area (Å²) in [6.07, 6.45) is 4.69. The van der Waals surface area contributed by atoms with E-state index in [2.05, 4.69) is 16.5 Å². The fourth-order valence-corrected chi connectivity index (χ4v) is 6.30. The van der Waals surface area contributed by atoms with Gasteiger partial charge in [0, 0.05) is 59.4 Å². The van der Waals surface area contributed by atoms with Crippen molar-refractivity contribution in [2.45, 2.75) is 26.4 Å². The third-order valence-electron chi connectivity index (χ3n) is 7.44. The van der Waals surface area contributed by atoms with Gasteiger partial charge in [0.2, 0.25) is 5.91 Å². The Hall–Kier alpha value is -4.55. The molecule has 1 amide bonds. The highest BCUT2D eigenvalue weighted by Crippen LogP contribution is 2.47. The molecule has 1 aliphatic rings. The van der Waals surface area contributed by atoms with Gasteiger partial charge in [0.05, 0.1) is 36.1 Å².